The Bertz CT molecular complexity index is 446. The molecule has 0 bridgehead atoms. The second-order valence-electron chi connectivity index (χ2n) is 2.68. The Labute approximate surface area is 86.4 Å². The second kappa shape index (κ2) is 4.91. The van der Waals surface area contributed by atoms with Gasteiger partial charge in [-0.2, -0.15) is 5.26 Å². The van der Waals surface area contributed by atoms with Crippen LogP contribution in [0.2, 0.25) is 0 Å². The minimum absolute atomic E-state index is 0.180. The average molecular weight is 205 g/mol. The van der Waals surface area contributed by atoms with Gasteiger partial charge in [0.2, 0.25) is 0 Å². The fourth-order valence-electron chi connectivity index (χ4n) is 0.994. The van der Waals surface area contributed by atoms with Crippen LogP contribution in [0.3, 0.4) is 0 Å². The molecule has 0 aliphatic heterocycles. The number of carbonyl (C=O) groups is 1. The van der Waals surface area contributed by atoms with Crippen molar-refractivity contribution in [3.8, 4) is 6.07 Å². The highest BCUT2D eigenvalue weighted by Crippen LogP contribution is 2.11. The molecule has 0 amide bonds. The predicted molar refractivity (Wildman–Crippen MR) is 52.0 cm³/mol. The summed E-state index contributed by atoms with van der Waals surface area (Å²) < 4.78 is 17.5. The van der Waals surface area contributed by atoms with E-state index in [4.69, 9.17) is 5.26 Å². The zero-order valence-corrected chi connectivity index (χ0v) is 8.03. The Morgan fingerprint density at radius 3 is 2.73 bits per heavy atom. The molecule has 3 nitrogen and oxygen atoms in total. The maximum Gasteiger partial charge on any atom is 0.348 e. The summed E-state index contributed by atoms with van der Waals surface area (Å²) in [6.45, 7) is 0. The third-order valence-electron chi connectivity index (χ3n) is 1.73. The lowest BCUT2D eigenvalue weighted by atomic mass is 10.1. The van der Waals surface area contributed by atoms with Crippen LogP contribution >= 0.6 is 0 Å². The molecule has 0 unspecified atom stereocenters. The minimum atomic E-state index is -0.777. The van der Waals surface area contributed by atoms with Gasteiger partial charge in [-0.3, -0.25) is 0 Å². The zero-order valence-electron chi connectivity index (χ0n) is 8.03. The number of methoxy groups -OCH3 is 1. The van der Waals surface area contributed by atoms with E-state index in [1.807, 2.05) is 0 Å². The van der Waals surface area contributed by atoms with E-state index in [9.17, 15) is 9.18 Å². The number of benzene rings is 1. The Morgan fingerprint density at radius 2 is 2.20 bits per heavy atom. The number of ether oxygens (including phenoxy) is 1. The molecule has 0 N–H and O–H groups in total. The first-order chi connectivity index (χ1) is 7.19. The van der Waals surface area contributed by atoms with Crippen LogP contribution in [-0.2, 0) is 9.53 Å². The molecule has 1 rings (SSSR count). The molecule has 15 heavy (non-hydrogen) atoms. The van der Waals surface area contributed by atoms with E-state index in [-0.39, 0.29) is 11.1 Å². The van der Waals surface area contributed by atoms with Gasteiger partial charge in [0.05, 0.1) is 7.11 Å². The second-order valence-corrected chi connectivity index (χ2v) is 2.68. The molecule has 1 aromatic rings. The van der Waals surface area contributed by atoms with Crippen LogP contribution in [0.15, 0.2) is 29.8 Å². The molecule has 0 saturated heterocycles. The van der Waals surface area contributed by atoms with E-state index < -0.39 is 11.8 Å². The molecule has 0 heterocycles. The molecule has 0 aromatic heterocycles. The smallest absolute Gasteiger partial charge is 0.348 e. The van der Waals surface area contributed by atoms with Crippen molar-refractivity contribution in [2.45, 2.75) is 0 Å². The fourth-order valence-corrected chi connectivity index (χ4v) is 0.994. The number of esters is 1. The first-order valence-electron chi connectivity index (χ1n) is 4.13. The Morgan fingerprint density at radius 1 is 1.53 bits per heavy atom. The molecule has 0 radical (unpaired) electrons. The molecule has 76 valence electrons. The average Bonchev–Trinajstić information content (AvgIpc) is 2.27. The summed E-state index contributed by atoms with van der Waals surface area (Å²) in [5.41, 5.74) is -0.0537. The van der Waals surface area contributed by atoms with E-state index in [1.54, 1.807) is 12.1 Å². The maximum atomic E-state index is 13.1. The summed E-state index contributed by atoms with van der Waals surface area (Å²) in [5, 5.41) is 8.64. The van der Waals surface area contributed by atoms with Gasteiger partial charge in [-0.1, -0.05) is 18.2 Å². The van der Waals surface area contributed by atoms with Gasteiger partial charge in [-0.15, -0.1) is 0 Å². The summed E-state index contributed by atoms with van der Waals surface area (Å²) in [5.74, 6) is -1.27. The van der Waals surface area contributed by atoms with E-state index in [0.29, 0.717) is 0 Å². The number of carbonyl (C=O) groups excluding carboxylic acids is 1. The molecule has 0 spiro atoms. The highest BCUT2D eigenvalue weighted by Gasteiger charge is 2.09. The standard InChI is InChI=1S/C11H8FNO2/c1-15-11(14)9(7-13)6-8-4-2-3-5-10(8)12/h2-6H,1H3. The van der Waals surface area contributed by atoms with Crippen LogP contribution in [0.4, 0.5) is 4.39 Å². The number of hydrogen-bond donors (Lipinski definition) is 0. The van der Waals surface area contributed by atoms with Crippen molar-refractivity contribution in [3.05, 3.63) is 41.2 Å². The first-order valence-corrected chi connectivity index (χ1v) is 4.13. The van der Waals surface area contributed by atoms with Crippen molar-refractivity contribution in [3.63, 3.8) is 0 Å². The van der Waals surface area contributed by atoms with Crippen molar-refractivity contribution in [2.24, 2.45) is 0 Å². The van der Waals surface area contributed by atoms with Crippen LogP contribution in [0.25, 0.3) is 6.08 Å². The van der Waals surface area contributed by atoms with Gasteiger partial charge < -0.3 is 4.74 Å². The summed E-state index contributed by atoms with van der Waals surface area (Å²) in [4.78, 5) is 11.0. The van der Waals surface area contributed by atoms with Gasteiger partial charge in [-0.25, -0.2) is 9.18 Å². The van der Waals surface area contributed by atoms with Gasteiger partial charge in [0.15, 0.2) is 0 Å². The van der Waals surface area contributed by atoms with Crippen molar-refractivity contribution in [1.29, 1.82) is 5.26 Å². The third kappa shape index (κ3) is 2.64. The lowest BCUT2D eigenvalue weighted by Crippen LogP contribution is -2.02. The molecule has 0 fully saturated rings. The van der Waals surface area contributed by atoms with Crippen molar-refractivity contribution >= 4 is 12.0 Å². The van der Waals surface area contributed by atoms with Gasteiger partial charge in [-0.05, 0) is 12.1 Å². The molecule has 0 saturated carbocycles. The van der Waals surface area contributed by atoms with E-state index in [0.717, 1.165) is 13.2 Å². The molecule has 0 aliphatic rings. The van der Waals surface area contributed by atoms with Crippen LogP contribution < -0.4 is 0 Å². The summed E-state index contributed by atoms with van der Waals surface area (Å²) in [7, 11) is 1.16. The molecule has 0 aliphatic carbocycles. The number of nitrogens with zero attached hydrogens (tertiary/aromatic N) is 1. The third-order valence-corrected chi connectivity index (χ3v) is 1.73. The fraction of sp³-hybridized carbons (Fsp3) is 0.0909. The van der Waals surface area contributed by atoms with Crippen molar-refractivity contribution in [1.82, 2.24) is 0 Å². The lowest BCUT2D eigenvalue weighted by Gasteiger charge is -1.98. The van der Waals surface area contributed by atoms with Crippen LogP contribution in [0, 0.1) is 17.1 Å². The summed E-state index contributed by atoms with van der Waals surface area (Å²) >= 11 is 0. The molecule has 0 atom stereocenters. The van der Waals surface area contributed by atoms with Crippen molar-refractivity contribution < 1.29 is 13.9 Å². The van der Waals surface area contributed by atoms with Crippen LogP contribution in [0.1, 0.15) is 5.56 Å². The van der Waals surface area contributed by atoms with E-state index >= 15 is 0 Å². The number of hydrogen-bond acceptors (Lipinski definition) is 3. The van der Waals surface area contributed by atoms with E-state index in [2.05, 4.69) is 4.74 Å². The Kier molecular flexibility index (Phi) is 3.58. The number of halogens is 1. The van der Waals surface area contributed by atoms with Gasteiger partial charge in [0, 0.05) is 5.56 Å². The van der Waals surface area contributed by atoms with E-state index in [1.165, 1.54) is 18.2 Å². The lowest BCUT2D eigenvalue weighted by molar-refractivity contribution is -0.135. The maximum absolute atomic E-state index is 13.1. The van der Waals surface area contributed by atoms with Crippen LogP contribution in [-0.4, -0.2) is 13.1 Å². The minimum Gasteiger partial charge on any atom is -0.465 e. The first kappa shape index (κ1) is 10.9. The highest BCUT2D eigenvalue weighted by atomic mass is 19.1. The zero-order chi connectivity index (χ0) is 11.3. The van der Waals surface area contributed by atoms with Crippen molar-refractivity contribution in [2.75, 3.05) is 7.11 Å². The van der Waals surface area contributed by atoms with Gasteiger partial charge in [0.1, 0.15) is 17.5 Å². The normalized spacial score (nSPS) is 10.6. The molecule has 4 heteroatoms. The molecular formula is C11H8FNO2. The number of rotatable bonds is 2. The topological polar surface area (TPSA) is 50.1 Å². The molecule has 1 aromatic carbocycles. The predicted octanol–water partition coefficient (Wildman–Crippen LogP) is 1.91. The monoisotopic (exact) mass is 205 g/mol. The van der Waals surface area contributed by atoms with Gasteiger partial charge in [0.25, 0.3) is 0 Å². The quantitative estimate of drug-likeness (QED) is 0.421. The SMILES string of the molecule is COC(=O)C(C#N)=Cc1ccccc1F. The van der Waals surface area contributed by atoms with Crippen LogP contribution in [0.5, 0.6) is 0 Å². The Hall–Kier alpha value is -2.15. The number of nitriles is 1. The molecular weight excluding hydrogens is 197 g/mol. The largest absolute Gasteiger partial charge is 0.465 e. The Balaban J connectivity index is 3.11. The van der Waals surface area contributed by atoms with Gasteiger partial charge >= 0.3 is 5.97 Å². The summed E-state index contributed by atoms with van der Waals surface area (Å²) in [6, 6.07) is 7.50. The highest BCUT2D eigenvalue weighted by molar-refractivity contribution is 5.97. The summed E-state index contributed by atoms with van der Waals surface area (Å²) in [6.07, 6.45) is 1.15.